The largest absolute Gasteiger partial charge is 0.357 e. The minimum atomic E-state index is 0.193. The van der Waals surface area contributed by atoms with Crippen molar-refractivity contribution in [3.05, 3.63) is 0 Å². The molecule has 7 nitrogen and oxygen atoms in total. The smallest absolute Gasteiger partial charge is 0.229 e. The van der Waals surface area contributed by atoms with Crippen molar-refractivity contribution in [1.29, 1.82) is 0 Å². The first-order valence-electron chi connectivity index (χ1n) is 8.38. The molecule has 0 unspecified atom stereocenters. The highest BCUT2D eigenvalue weighted by molar-refractivity contribution is 5.41. The van der Waals surface area contributed by atoms with E-state index in [-0.39, 0.29) is 11.1 Å². The second kappa shape index (κ2) is 6.86. The van der Waals surface area contributed by atoms with Crippen molar-refractivity contribution >= 4 is 17.8 Å². The quantitative estimate of drug-likeness (QED) is 0.639. The van der Waals surface area contributed by atoms with Crippen LogP contribution in [0.3, 0.4) is 0 Å². The Kier molecular flexibility index (Phi) is 5.29. The Bertz CT molecular complexity index is 489. The van der Waals surface area contributed by atoms with Crippen molar-refractivity contribution in [2.45, 2.75) is 58.0 Å². The number of hydrogen-bond acceptors (Lipinski definition) is 7. The van der Waals surface area contributed by atoms with Crippen molar-refractivity contribution in [3.8, 4) is 0 Å². The summed E-state index contributed by atoms with van der Waals surface area (Å²) < 4.78 is 0. The predicted molar refractivity (Wildman–Crippen MR) is 96.0 cm³/mol. The normalized spacial score (nSPS) is 20.1. The van der Waals surface area contributed by atoms with Crippen molar-refractivity contribution in [2.75, 3.05) is 36.6 Å². The van der Waals surface area contributed by atoms with Crippen LogP contribution in [0, 0.1) is 5.92 Å². The molecule has 2 heterocycles. The standard InChI is InChI=1S/C16H31N7/c1-15(2)9-11(10-16(3,4)23-15)7-8-19-14-21-12(17-5)20-13(18-6)22-14/h11,23H,7-10H2,1-6H3,(H3,17,18,19,20,21,22). The molecule has 130 valence electrons. The molecule has 23 heavy (non-hydrogen) atoms. The van der Waals surface area contributed by atoms with E-state index in [2.05, 4.69) is 63.9 Å². The van der Waals surface area contributed by atoms with E-state index in [0.29, 0.717) is 23.8 Å². The third kappa shape index (κ3) is 5.20. The van der Waals surface area contributed by atoms with Crippen LogP contribution >= 0.6 is 0 Å². The van der Waals surface area contributed by atoms with Crippen molar-refractivity contribution in [2.24, 2.45) is 5.92 Å². The molecule has 1 aromatic heterocycles. The lowest BCUT2D eigenvalue weighted by Crippen LogP contribution is -2.57. The van der Waals surface area contributed by atoms with E-state index in [9.17, 15) is 0 Å². The molecule has 4 N–H and O–H groups in total. The molecule has 0 spiro atoms. The summed E-state index contributed by atoms with van der Waals surface area (Å²) in [5.41, 5.74) is 0.385. The van der Waals surface area contributed by atoms with Crippen LogP contribution < -0.4 is 21.3 Å². The zero-order valence-electron chi connectivity index (χ0n) is 15.2. The minimum absolute atomic E-state index is 0.193. The van der Waals surface area contributed by atoms with Gasteiger partial charge in [-0.2, -0.15) is 15.0 Å². The predicted octanol–water partition coefficient (Wildman–Crippen LogP) is 2.31. The van der Waals surface area contributed by atoms with E-state index < -0.39 is 0 Å². The Morgan fingerprint density at radius 1 is 0.913 bits per heavy atom. The van der Waals surface area contributed by atoms with E-state index in [4.69, 9.17) is 0 Å². The number of anilines is 3. The summed E-state index contributed by atoms with van der Waals surface area (Å²) in [5, 5.41) is 13.0. The summed E-state index contributed by atoms with van der Waals surface area (Å²) in [6.07, 6.45) is 3.50. The first kappa shape index (κ1) is 17.7. The van der Waals surface area contributed by atoms with Gasteiger partial charge in [-0.3, -0.25) is 0 Å². The molecule has 1 saturated heterocycles. The molecule has 1 aliphatic rings. The van der Waals surface area contributed by atoms with E-state index in [1.807, 2.05) is 0 Å². The van der Waals surface area contributed by atoms with Gasteiger partial charge < -0.3 is 21.3 Å². The maximum atomic E-state index is 4.34. The molecule has 0 aliphatic carbocycles. The summed E-state index contributed by atoms with van der Waals surface area (Å²) in [5.74, 6) is 2.44. The first-order valence-corrected chi connectivity index (χ1v) is 8.38. The van der Waals surface area contributed by atoms with Crippen LogP contribution in [0.5, 0.6) is 0 Å². The van der Waals surface area contributed by atoms with Crippen LogP contribution in [0.1, 0.15) is 47.0 Å². The summed E-state index contributed by atoms with van der Waals surface area (Å²) in [6, 6.07) is 0. The van der Waals surface area contributed by atoms with Gasteiger partial charge in [0.15, 0.2) is 0 Å². The number of aromatic nitrogens is 3. The lowest BCUT2D eigenvalue weighted by atomic mass is 9.75. The van der Waals surface area contributed by atoms with Gasteiger partial charge in [-0.1, -0.05) is 0 Å². The number of rotatable bonds is 6. The van der Waals surface area contributed by atoms with Crippen LogP contribution in [0.15, 0.2) is 0 Å². The lowest BCUT2D eigenvalue weighted by molar-refractivity contribution is 0.125. The average molecular weight is 321 g/mol. The molecule has 0 bridgehead atoms. The molecule has 1 aromatic rings. The van der Waals surface area contributed by atoms with Crippen LogP contribution in [0.25, 0.3) is 0 Å². The van der Waals surface area contributed by atoms with Crippen molar-refractivity contribution in [3.63, 3.8) is 0 Å². The Hall–Kier alpha value is -1.63. The van der Waals surface area contributed by atoms with E-state index in [1.54, 1.807) is 14.1 Å². The third-order valence-corrected chi connectivity index (χ3v) is 4.19. The van der Waals surface area contributed by atoms with Gasteiger partial charge in [-0.25, -0.2) is 0 Å². The van der Waals surface area contributed by atoms with Crippen LogP contribution in [-0.4, -0.2) is 46.7 Å². The molecule has 1 aliphatic heterocycles. The minimum Gasteiger partial charge on any atom is -0.357 e. The molecule has 1 fully saturated rings. The Morgan fingerprint density at radius 3 is 1.87 bits per heavy atom. The fourth-order valence-electron chi connectivity index (χ4n) is 3.80. The van der Waals surface area contributed by atoms with E-state index >= 15 is 0 Å². The second-order valence-corrected chi connectivity index (χ2v) is 7.69. The average Bonchev–Trinajstić information content (AvgIpc) is 2.43. The zero-order chi connectivity index (χ0) is 17.1. The van der Waals surface area contributed by atoms with Gasteiger partial charge in [0, 0.05) is 31.7 Å². The third-order valence-electron chi connectivity index (χ3n) is 4.19. The zero-order valence-corrected chi connectivity index (χ0v) is 15.2. The van der Waals surface area contributed by atoms with E-state index in [0.717, 1.165) is 13.0 Å². The van der Waals surface area contributed by atoms with Gasteiger partial charge in [0.1, 0.15) is 0 Å². The molecule has 0 aromatic carbocycles. The van der Waals surface area contributed by atoms with Gasteiger partial charge in [0.25, 0.3) is 0 Å². The first-order chi connectivity index (χ1) is 10.7. The van der Waals surface area contributed by atoms with Gasteiger partial charge in [-0.05, 0) is 52.9 Å². The number of hydrogen-bond donors (Lipinski definition) is 4. The summed E-state index contributed by atoms with van der Waals surface area (Å²) in [6.45, 7) is 10.0. The molecule has 7 heteroatoms. The molecule has 0 atom stereocenters. The van der Waals surface area contributed by atoms with Crippen LogP contribution in [0.2, 0.25) is 0 Å². The maximum Gasteiger partial charge on any atom is 0.229 e. The molecule has 0 saturated carbocycles. The highest BCUT2D eigenvalue weighted by Gasteiger charge is 2.37. The molecular formula is C16H31N7. The second-order valence-electron chi connectivity index (χ2n) is 7.69. The summed E-state index contributed by atoms with van der Waals surface area (Å²) >= 11 is 0. The molecule has 0 radical (unpaired) electrons. The van der Waals surface area contributed by atoms with Gasteiger partial charge >= 0.3 is 0 Å². The van der Waals surface area contributed by atoms with Crippen LogP contribution in [0.4, 0.5) is 17.8 Å². The lowest BCUT2D eigenvalue weighted by Gasteiger charge is -2.46. The number of nitrogens with one attached hydrogen (secondary N) is 4. The van der Waals surface area contributed by atoms with Crippen molar-refractivity contribution in [1.82, 2.24) is 20.3 Å². The fourth-order valence-corrected chi connectivity index (χ4v) is 3.80. The maximum absolute atomic E-state index is 4.34. The number of nitrogens with zero attached hydrogens (tertiary/aromatic N) is 3. The Labute approximate surface area is 139 Å². The highest BCUT2D eigenvalue weighted by atomic mass is 15.3. The molecule has 0 amide bonds. The highest BCUT2D eigenvalue weighted by Crippen LogP contribution is 2.34. The Morgan fingerprint density at radius 2 is 1.39 bits per heavy atom. The molecular weight excluding hydrogens is 290 g/mol. The topological polar surface area (TPSA) is 86.8 Å². The Balaban J connectivity index is 1.92. The van der Waals surface area contributed by atoms with E-state index in [1.165, 1.54) is 12.8 Å². The monoisotopic (exact) mass is 321 g/mol. The summed E-state index contributed by atoms with van der Waals surface area (Å²) in [7, 11) is 3.61. The van der Waals surface area contributed by atoms with Crippen molar-refractivity contribution < 1.29 is 0 Å². The molecule has 2 rings (SSSR count). The van der Waals surface area contributed by atoms with Gasteiger partial charge in [-0.15, -0.1) is 0 Å². The summed E-state index contributed by atoms with van der Waals surface area (Å²) in [4.78, 5) is 12.9. The SMILES string of the molecule is CNc1nc(NC)nc(NCCC2CC(C)(C)NC(C)(C)C2)n1. The van der Waals surface area contributed by atoms with Gasteiger partial charge in [0.2, 0.25) is 17.8 Å². The van der Waals surface area contributed by atoms with Gasteiger partial charge in [0.05, 0.1) is 0 Å². The van der Waals surface area contributed by atoms with Crippen LogP contribution in [-0.2, 0) is 0 Å². The fraction of sp³-hybridized carbons (Fsp3) is 0.812. The number of piperidine rings is 1.